The molecular weight excluding hydrogens is 485 g/mol. The molecule has 0 saturated heterocycles. The van der Waals surface area contributed by atoms with Crippen LogP contribution in [0.15, 0.2) is 0 Å². The summed E-state index contributed by atoms with van der Waals surface area (Å²) in [7, 11) is -3.55. The van der Waals surface area contributed by atoms with Gasteiger partial charge < -0.3 is 0 Å². The van der Waals surface area contributed by atoms with Gasteiger partial charge in [0.25, 0.3) is 0 Å². The highest BCUT2D eigenvalue weighted by Crippen LogP contribution is 2.46. The Balaban J connectivity index is 2.84. The van der Waals surface area contributed by atoms with Crippen molar-refractivity contribution in [1.82, 2.24) is 9.97 Å². The molecule has 6 heteroatoms. The van der Waals surface area contributed by atoms with E-state index in [-0.39, 0.29) is 0 Å². The minimum Gasteiger partial charge on any atom is -0.251 e. The molecule has 0 aromatic carbocycles. The topological polar surface area (TPSA) is 25.8 Å². The predicted octanol–water partition coefficient (Wildman–Crippen LogP) is 9.16. The molecule has 2 aromatic heterocycles. The number of aryl methyl sites for hydroxylation is 2. The van der Waals surface area contributed by atoms with E-state index < -0.39 is 16.1 Å². The molecule has 2 aromatic rings. The quantitative estimate of drug-likeness (QED) is 0.267. The number of hydrogen-bond donors (Lipinski definition) is 0. The van der Waals surface area contributed by atoms with Crippen molar-refractivity contribution in [3.05, 3.63) is 11.4 Å². The third-order valence-corrected chi connectivity index (χ3v) is 26.6. The van der Waals surface area contributed by atoms with Crippen LogP contribution in [0.3, 0.4) is 0 Å². The largest absolute Gasteiger partial charge is 0.251 e. The van der Waals surface area contributed by atoms with Gasteiger partial charge in [-0.15, -0.1) is 22.7 Å². The maximum Gasteiger partial charge on any atom is 0.131 e. The Bertz CT molecular complexity index is 819. The lowest BCUT2D eigenvalue weighted by atomic mass is 10.2. The fraction of sp³-hybridized carbons (Fsp3) is 0.786. The SMILES string of the molecule is CCc1nc([Si](C(C)C)(C(C)C)C(C)C)sc1-c1sc([Si](C(C)C)(C(C)C)C(C)C)nc1CC. The summed E-state index contributed by atoms with van der Waals surface area (Å²) in [6.07, 6.45) is 2.00. The number of rotatable bonds is 11. The number of thiazole rings is 2. The lowest BCUT2D eigenvalue weighted by molar-refractivity contribution is 0.832. The maximum atomic E-state index is 5.46. The summed E-state index contributed by atoms with van der Waals surface area (Å²) in [5, 5.41) is 0. The summed E-state index contributed by atoms with van der Waals surface area (Å²) in [6.45, 7) is 34.0. The molecular formula is C28H52N2S2Si2. The smallest absolute Gasteiger partial charge is 0.131 e. The van der Waals surface area contributed by atoms with Crippen LogP contribution in [0, 0.1) is 0 Å². The van der Waals surface area contributed by atoms with Gasteiger partial charge in [0.1, 0.15) is 16.1 Å². The molecule has 0 N–H and O–H groups in total. The molecule has 194 valence electrons. The van der Waals surface area contributed by atoms with E-state index in [0.717, 1.165) is 12.8 Å². The molecule has 0 atom stereocenters. The first-order valence-electron chi connectivity index (χ1n) is 13.7. The van der Waals surface area contributed by atoms with Crippen molar-refractivity contribution < 1.29 is 0 Å². The second-order valence-corrected chi connectivity index (χ2v) is 26.4. The Hall–Kier alpha value is -0.306. The molecule has 0 saturated carbocycles. The van der Waals surface area contributed by atoms with Crippen LogP contribution in [0.4, 0.5) is 0 Å². The number of aromatic nitrogens is 2. The normalized spacial score (nSPS) is 13.6. The molecule has 0 aliphatic carbocycles. The fourth-order valence-electron chi connectivity index (χ4n) is 7.39. The Morgan fingerprint density at radius 1 is 0.500 bits per heavy atom. The minimum absolute atomic E-state index is 0.682. The van der Waals surface area contributed by atoms with Gasteiger partial charge in [-0.2, -0.15) is 0 Å². The Kier molecular flexibility index (Phi) is 10.0. The molecule has 0 spiro atoms. The third kappa shape index (κ3) is 4.70. The highest BCUT2D eigenvalue weighted by Gasteiger charge is 2.49. The van der Waals surface area contributed by atoms with Crippen LogP contribution in [0.25, 0.3) is 9.75 Å². The molecule has 0 aliphatic rings. The van der Waals surface area contributed by atoms with Crippen molar-refractivity contribution in [2.45, 2.75) is 143 Å². The molecule has 0 fully saturated rings. The van der Waals surface area contributed by atoms with Crippen LogP contribution >= 0.6 is 22.7 Å². The van der Waals surface area contributed by atoms with Gasteiger partial charge in [0.05, 0.1) is 30.4 Å². The average molecular weight is 537 g/mol. The fourth-order valence-corrected chi connectivity index (χ4v) is 27.3. The average Bonchev–Trinajstić information content (AvgIpc) is 3.31. The first-order chi connectivity index (χ1) is 15.7. The Morgan fingerprint density at radius 2 is 0.735 bits per heavy atom. The Labute approximate surface area is 221 Å². The van der Waals surface area contributed by atoms with E-state index in [1.54, 1.807) is 0 Å². The first kappa shape index (κ1) is 29.9. The van der Waals surface area contributed by atoms with Crippen molar-refractivity contribution in [2.24, 2.45) is 0 Å². The van der Waals surface area contributed by atoms with E-state index in [4.69, 9.17) is 9.97 Å². The molecule has 2 rings (SSSR count). The van der Waals surface area contributed by atoms with Gasteiger partial charge in [-0.25, -0.2) is 0 Å². The van der Waals surface area contributed by atoms with Crippen molar-refractivity contribution in [1.29, 1.82) is 0 Å². The number of hydrogen-bond acceptors (Lipinski definition) is 4. The maximum absolute atomic E-state index is 5.46. The first-order valence-corrected chi connectivity index (χ1v) is 19.8. The zero-order valence-corrected chi connectivity index (χ0v) is 28.2. The van der Waals surface area contributed by atoms with Gasteiger partial charge in [0, 0.05) is 0 Å². The van der Waals surface area contributed by atoms with Crippen molar-refractivity contribution >= 4 is 48.1 Å². The second-order valence-electron chi connectivity index (χ2n) is 12.1. The highest BCUT2D eigenvalue weighted by molar-refractivity contribution is 7.34. The third-order valence-electron chi connectivity index (χ3n) is 8.74. The van der Waals surface area contributed by atoms with Crippen molar-refractivity contribution in [2.75, 3.05) is 0 Å². The summed E-state index contributed by atoms with van der Waals surface area (Å²) in [6, 6.07) is 0. The molecule has 2 nitrogen and oxygen atoms in total. The van der Waals surface area contributed by atoms with E-state index in [9.17, 15) is 0 Å². The van der Waals surface area contributed by atoms with E-state index in [2.05, 4.69) is 96.9 Å². The summed E-state index contributed by atoms with van der Waals surface area (Å²) >= 11 is 4.09. The van der Waals surface area contributed by atoms with E-state index in [0.29, 0.717) is 33.2 Å². The van der Waals surface area contributed by atoms with E-state index >= 15 is 0 Å². The second kappa shape index (κ2) is 11.4. The molecule has 2 heterocycles. The van der Waals surface area contributed by atoms with Crippen molar-refractivity contribution in [3.63, 3.8) is 0 Å². The zero-order valence-electron chi connectivity index (χ0n) is 24.6. The highest BCUT2D eigenvalue weighted by atomic mass is 32.1. The van der Waals surface area contributed by atoms with Gasteiger partial charge in [-0.3, -0.25) is 9.97 Å². The molecule has 0 bridgehead atoms. The number of nitrogens with zero attached hydrogens (tertiary/aromatic N) is 2. The van der Waals surface area contributed by atoms with Crippen LogP contribution in [-0.4, -0.2) is 26.1 Å². The molecule has 0 radical (unpaired) electrons. The lowest BCUT2D eigenvalue weighted by Gasteiger charge is -2.41. The van der Waals surface area contributed by atoms with Crippen LogP contribution in [0.5, 0.6) is 0 Å². The molecule has 0 unspecified atom stereocenters. The minimum atomic E-state index is -1.77. The van der Waals surface area contributed by atoms with Crippen LogP contribution in [0.1, 0.15) is 108 Å². The Morgan fingerprint density at radius 3 is 0.912 bits per heavy atom. The zero-order chi connectivity index (χ0) is 26.2. The van der Waals surface area contributed by atoms with Gasteiger partial charge in [0.15, 0.2) is 0 Å². The molecule has 0 aliphatic heterocycles. The monoisotopic (exact) mass is 536 g/mol. The summed E-state index contributed by atoms with van der Waals surface area (Å²) in [5.74, 6) is 0. The van der Waals surface area contributed by atoms with Gasteiger partial charge >= 0.3 is 0 Å². The van der Waals surface area contributed by atoms with Crippen LogP contribution < -0.4 is 9.26 Å². The van der Waals surface area contributed by atoms with E-state index in [1.807, 2.05) is 22.7 Å². The molecule has 34 heavy (non-hydrogen) atoms. The van der Waals surface area contributed by atoms with Gasteiger partial charge in [0.2, 0.25) is 0 Å². The van der Waals surface area contributed by atoms with Crippen LogP contribution in [0.2, 0.25) is 33.2 Å². The van der Waals surface area contributed by atoms with Gasteiger partial charge in [-0.1, -0.05) is 96.9 Å². The van der Waals surface area contributed by atoms with Gasteiger partial charge in [-0.05, 0) is 46.1 Å². The predicted molar refractivity (Wildman–Crippen MR) is 163 cm³/mol. The van der Waals surface area contributed by atoms with Crippen LogP contribution in [-0.2, 0) is 12.8 Å². The summed E-state index contributed by atoms with van der Waals surface area (Å²) in [4.78, 5) is 13.8. The lowest BCUT2D eigenvalue weighted by Crippen LogP contribution is -2.55. The summed E-state index contributed by atoms with van der Waals surface area (Å²) < 4.78 is 2.97. The standard InChI is InChI=1S/C28H52N2S2Si2/c1-15-23-25(31-27(29-23)33(17(3)4,18(5)6)19(7)8)26-24(16-2)30-28(32-26)34(20(9)10,21(11)12)22(13)14/h17-22H,15-16H2,1-14H3. The van der Waals surface area contributed by atoms with Crippen molar-refractivity contribution in [3.8, 4) is 9.75 Å². The molecule has 0 amide bonds. The van der Waals surface area contributed by atoms with E-state index in [1.165, 1.54) is 30.4 Å². The summed E-state index contributed by atoms with van der Waals surface area (Å²) in [5.41, 5.74) is 6.72.